The standard InChI is InChI=1S/C16H22N2O2/c1-4-5-6-13-9-14-7-8-15(10-20-12(3)19)18-16(14)17-11(13)2/h7-8,13H,4-6,9-10H2,1-3H3. The third kappa shape index (κ3) is 3.65. The van der Waals surface area contributed by atoms with Gasteiger partial charge in [0.2, 0.25) is 0 Å². The van der Waals surface area contributed by atoms with E-state index in [1.807, 2.05) is 6.07 Å². The lowest BCUT2D eigenvalue weighted by molar-refractivity contribution is -0.142. The molecule has 4 heteroatoms. The lowest BCUT2D eigenvalue weighted by Gasteiger charge is -2.22. The van der Waals surface area contributed by atoms with Crippen LogP contribution in [0.15, 0.2) is 17.1 Å². The molecule has 1 aliphatic rings. The molecule has 2 rings (SSSR count). The van der Waals surface area contributed by atoms with Crippen molar-refractivity contribution < 1.29 is 9.53 Å². The number of unbranched alkanes of at least 4 members (excludes halogenated alkanes) is 1. The van der Waals surface area contributed by atoms with Gasteiger partial charge >= 0.3 is 5.97 Å². The molecule has 1 atom stereocenters. The third-order valence-corrected chi connectivity index (χ3v) is 3.68. The number of pyridine rings is 1. The van der Waals surface area contributed by atoms with E-state index >= 15 is 0 Å². The summed E-state index contributed by atoms with van der Waals surface area (Å²) in [4.78, 5) is 19.9. The molecule has 0 spiro atoms. The van der Waals surface area contributed by atoms with E-state index in [9.17, 15) is 4.79 Å². The average Bonchev–Trinajstić information content (AvgIpc) is 2.42. The second-order valence-electron chi connectivity index (χ2n) is 5.36. The highest BCUT2D eigenvalue weighted by molar-refractivity contribution is 5.88. The minimum absolute atomic E-state index is 0.219. The maximum absolute atomic E-state index is 10.8. The molecule has 0 fully saturated rings. The zero-order chi connectivity index (χ0) is 14.5. The summed E-state index contributed by atoms with van der Waals surface area (Å²) in [5.74, 6) is 1.05. The molecule has 0 bridgehead atoms. The van der Waals surface area contributed by atoms with Crippen LogP contribution in [0.5, 0.6) is 0 Å². The minimum atomic E-state index is -0.288. The first-order valence-electron chi connectivity index (χ1n) is 7.27. The summed E-state index contributed by atoms with van der Waals surface area (Å²) >= 11 is 0. The SMILES string of the molecule is CCCCC1Cc2ccc(COC(C)=O)nc2N=C1C. The van der Waals surface area contributed by atoms with Crippen molar-refractivity contribution in [3.63, 3.8) is 0 Å². The molecule has 1 aromatic heterocycles. The van der Waals surface area contributed by atoms with Crippen LogP contribution in [0.2, 0.25) is 0 Å². The lowest BCUT2D eigenvalue weighted by atomic mass is 9.88. The first-order chi connectivity index (χ1) is 9.60. The Morgan fingerprint density at radius 1 is 1.45 bits per heavy atom. The van der Waals surface area contributed by atoms with Crippen LogP contribution in [-0.2, 0) is 22.6 Å². The third-order valence-electron chi connectivity index (χ3n) is 3.68. The van der Waals surface area contributed by atoms with Crippen LogP contribution in [0.25, 0.3) is 0 Å². The van der Waals surface area contributed by atoms with Crippen LogP contribution in [0.1, 0.15) is 51.3 Å². The average molecular weight is 274 g/mol. The van der Waals surface area contributed by atoms with Gasteiger partial charge in [0.15, 0.2) is 5.82 Å². The Morgan fingerprint density at radius 2 is 2.25 bits per heavy atom. The first kappa shape index (κ1) is 14.7. The number of fused-ring (bicyclic) bond motifs is 1. The van der Waals surface area contributed by atoms with Crippen molar-refractivity contribution in [1.29, 1.82) is 0 Å². The molecule has 2 heterocycles. The normalized spacial score (nSPS) is 17.4. The molecule has 0 saturated carbocycles. The number of hydrogen-bond donors (Lipinski definition) is 0. The van der Waals surface area contributed by atoms with E-state index in [1.54, 1.807) is 0 Å². The number of carbonyl (C=O) groups excluding carboxylic acids is 1. The molecule has 0 radical (unpaired) electrons. The molecule has 1 aromatic rings. The molecule has 0 saturated heterocycles. The van der Waals surface area contributed by atoms with Gasteiger partial charge in [0, 0.05) is 18.6 Å². The summed E-state index contributed by atoms with van der Waals surface area (Å²) in [6, 6.07) is 3.99. The quantitative estimate of drug-likeness (QED) is 0.771. The second-order valence-corrected chi connectivity index (χ2v) is 5.36. The van der Waals surface area contributed by atoms with Crippen molar-refractivity contribution in [3.05, 3.63) is 23.4 Å². The highest BCUT2D eigenvalue weighted by Gasteiger charge is 2.21. The Hall–Kier alpha value is -1.71. The summed E-state index contributed by atoms with van der Waals surface area (Å²) < 4.78 is 4.97. The molecular formula is C16H22N2O2. The smallest absolute Gasteiger partial charge is 0.303 e. The van der Waals surface area contributed by atoms with Crippen LogP contribution >= 0.6 is 0 Å². The van der Waals surface area contributed by atoms with Gasteiger partial charge in [0.1, 0.15) is 6.61 Å². The number of rotatable bonds is 5. The predicted octanol–water partition coefficient (Wildman–Crippen LogP) is 3.60. The van der Waals surface area contributed by atoms with E-state index in [0.29, 0.717) is 5.92 Å². The van der Waals surface area contributed by atoms with E-state index in [0.717, 1.165) is 17.9 Å². The summed E-state index contributed by atoms with van der Waals surface area (Å²) in [5.41, 5.74) is 3.12. The van der Waals surface area contributed by atoms with Crippen LogP contribution in [0.3, 0.4) is 0 Å². The largest absolute Gasteiger partial charge is 0.459 e. The Kier molecular flexibility index (Phi) is 4.88. The minimum Gasteiger partial charge on any atom is -0.459 e. The molecule has 20 heavy (non-hydrogen) atoms. The Labute approximate surface area is 120 Å². The fourth-order valence-corrected chi connectivity index (χ4v) is 2.46. The molecule has 0 aliphatic carbocycles. The zero-order valence-electron chi connectivity index (χ0n) is 12.5. The Balaban J connectivity index is 2.11. The van der Waals surface area contributed by atoms with E-state index in [2.05, 4.69) is 29.9 Å². The van der Waals surface area contributed by atoms with E-state index in [-0.39, 0.29) is 12.6 Å². The number of ether oxygens (including phenoxy) is 1. The molecule has 0 amide bonds. The van der Waals surface area contributed by atoms with Gasteiger partial charge < -0.3 is 4.74 Å². The first-order valence-corrected chi connectivity index (χ1v) is 7.27. The molecular weight excluding hydrogens is 252 g/mol. The second kappa shape index (κ2) is 6.64. The Morgan fingerprint density at radius 3 is 2.95 bits per heavy atom. The molecule has 0 aromatic carbocycles. The molecule has 1 unspecified atom stereocenters. The highest BCUT2D eigenvalue weighted by Crippen LogP contribution is 2.29. The summed E-state index contributed by atoms with van der Waals surface area (Å²) in [6.07, 6.45) is 4.67. The molecule has 0 N–H and O–H groups in total. The van der Waals surface area contributed by atoms with Gasteiger partial charge in [0.25, 0.3) is 0 Å². The number of nitrogens with zero attached hydrogens (tertiary/aromatic N) is 2. The number of aliphatic imine (C=N–C) groups is 1. The topological polar surface area (TPSA) is 51.5 Å². The molecule has 4 nitrogen and oxygen atoms in total. The lowest BCUT2D eigenvalue weighted by Crippen LogP contribution is -2.18. The summed E-state index contributed by atoms with van der Waals surface area (Å²) in [7, 11) is 0. The van der Waals surface area contributed by atoms with Gasteiger partial charge in [-0.15, -0.1) is 0 Å². The molecule has 108 valence electrons. The summed E-state index contributed by atoms with van der Waals surface area (Å²) in [6.45, 7) is 5.92. The van der Waals surface area contributed by atoms with Gasteiger partial charge in [-0.05, 0) is 31.4 Å². The van der Waals surface area contributed by atoms with Crippen molar-refractivity contribution in [1.82, 2.24) is 4.98 Å². The van der Waals surface area contributed by atoms with Crippen molar-refractivity contribution in [2.24, 2.45) is 10.9 Å². The number of hydrogen-bond acceptors (Lipinski definition) is 4. The van der Waals surface area contributed by atoms with E-state index in [1.165, 1.54) is 37.5 Å². The Bertz CT molecular complexity index is 523. The predicted molar refractivity (Wildman–Crippen MR) is 79.2 cm³/mol. The maximum atomic E-state index is 10.8. The monoisotopic (exact) mass is 274 g/mol. The molecule has 1 aliphatic heterocycles. The van der Waals surface area contributed by atoms with Crippen LogP contribution < -0.4 is 0 Å². The van der Waals surface area contributed by atoms with Crippen LogP contribution in [-0.4, -0.2) is 16.7 Å². The van der Waals surface area contributed by atoms with Gasteiger partial charge in [-0.1, -0.05) is 25.8 Å². The van der Waals surface area contributed by atoms with Gasteiger partial charge in [-0.25, -0.2) is 9.98 Å². The number of aromatic nitrogens is 1. The van der Waals surface area contributed by atoms with Gasteiger partial charge in [0.05, 0.1) is 5.69 Å². The van der Waals surface area contributed by atoms with Crippen molar-refractivity contribution in [3.8, 4) is 0 Å². The van der Waals surface area contributed by atoms with Crippen LogP contribution in [0.4, 0.5) is 5.82 Å². The zero-order valence-corrected chi connectivity index (χ0v) is 12.5. The highest BCUT2D eigenvalue weighted by atomic mass is 16.5. The van der Waals surface area contributed by atoms with Crippen molar-refractivity contribution in [2.45, 2.75) is 53.1 Å². The fraction of sp³-hybridized carbons (Fsp3) is 0.562. The fourth-order valence-electron chi connectivity index (χ4n) is 2.46. The maximum Gasteiger partial charge on any atom is 0.303 e. The van der Waals surface area contributed by atoms with Crippen LogP contribution in [0, 0.1) is 5.92 Å². The van der Waals surface area contributed by atoms with E-state index in [4.69, 9.17) is 4.74 Å². The van der Waals surface area contributed by atoms with Gasteiger partial charge in [-0.3, -0.25) is 4.79 Å². The van der Waals surface area contributed by atoms with Crippen molar-refractivity contribution in [2.75, 3.05) is 0 Å². The van der Waals surface area contributed by atoms with E-state index < -0.39 is 0 Å². The summed E-state index contributed by atoms with van der Waals surface area (Å²) in [5, 5.41) is 0. The number of esters is 1. The number of carbonyl (C=O) groups is 1. The van der Waals surface area contributed by atoms with Crippen molar-refractivity contribution >= 4 is 17.5 Å². The van der Waals surface area contributed by atoms with Gasteiger partial charge in [-0.2, -0.15) is 0 Å².